The van der Waals surface area contributed by atoms with Crippen molar-refractivity contribution in [2.75, 3.05) is 17.8 Å². The third-order valence-corrected chi connectivity index (χ3v) is 5.96. The molecule has 11 heteroatoms. The number of nitrogens with two attached hydrogens (primary N) is 1. The molecule has 0 bridgehead atoms. The van der Waals surface area contributed by atoms with Crippen LogP contribution >= 0.6 is 24.4 Å². The minimum atomic E-state index is -1.17. The molecular weight excluding hydrogens is 464 g/mol. The van der Waals surface area contributed by atoms with Crippen molar-refractivity contribution in [3.05, 3.63) is 35.9 Å². The van der Waals surface area contributed by atoms with Crippen molar-refractivity contribution >= 4 is 48.1 Å². The summed E-state index contributed by atoms with van der Waals surface area (Å²) in [5.41, 5.74) is 6.45. The molecule has 1 aromatic carbocycles. The van der Waals surface area contributed by atoms with Gasteiger partial charge in [0, 0.05) is 12.2 Å². The maximum Gasteiger partial charge on any atom is 0.326 e. The second-order valence-electron chi connectivity index (χ2n) is 7.95. The third-order valence-electron chi connectivity index (χ3n) is 4.92. The highest BCUT2D eigenvalue weighted by Gasteiger charge is 2.31. The Morgan fingerprint density at radius 2 is 1.61 bits per heavy atom. The Bertz CT molecular complexity index is 794. The first-order chi connectivity index (χ1) is 15.6. The van der Waals surface area contributed by atoms with Crippen LogP contribution in [0.1, 0.15) is 25.8 Å². The van der Waals surface area contributed by atoms with E-state index in [9.17, 15) is 24.3 Å². The van der Waals surface area contributed by atoms with Gasteiger partial charge in [-0.25, -0.2) is 4.79 Å². The summed E-state index contributed by atoms with van der Waals surface area (Å²) >= 11 is 5.49. The summed E-state index contributed by atoms with van der Waals surface area (Å²) < 4.78 is 0. The molecule has 0 aromatic heterocycles. The predicted octanol–water partition coefficient (Wildman–Crippen LogP) is 0.434. The van der Waals surface area contributed by atoms with E-state index in [2.05, 4.69) is 28.6 Å². The van der Waals surface area contributed by atoms with E-state index in [1.165, 1.54) is 11.8 Å². The monoisotopic (exact) mass is 498 g/mol. The number of thioether (sulfide) groups is 1. The largest absolute Gasteiger partial charge is 0.480 e. The highest BCUT2D eigenvalue weighted by molar-refractivity contribution is 7.98. The Labute approximate surface area is 204 Å². The number of benzene rings is 1. The molecule has 33 heavy (non-hydrogen) atoms. The van der Waals surface area contributed by atoms with Gasteiger partial charge in [0.2, 0.25) is 17.7 Å². The standard InChI is InChI=1S/C22H34N4O5S2/c1-13(2)18(26-19(27)15(23)12-32)21(29)24-16(9-10-33-3)20(28)25-17(22(30)31)11-14-7-5-4-6-8-14/h4-8,13,15-18,32H,9-12,23H2,1-3H3,(H,24,29)(H,25,28)(H,26,27)(H,30,31). The van der Waals surface area contributed by atoms with Gasteiger partial charge < -0.3 is 26.8 Å². The maximum atomic E-state index is 12.9. The topological polar surface area (TPSA) is 151 Å². The fourth-order valence-corrected chi connectivity index (χ4v) is 3.60. The van der Waals surface area contributed by atoms with Gasteiger partial charge in [0.15, 0.2) is 0 Å². The van der Waals surface area contributed by atoms with Crippen LogP contribution in [0.2, 0.25) is 0 Å². The third kappa shape index (κ3) is 10.1. The van der Waals surface area contributed by atoms with E-state index in [1.54, 1.807) is 38.1 Å². The molecule has 3 amide bonds. The smallest absolute Gasteiger partial charge is 0.326 e. The molecule has 0 heterocycles. The van der Waals surface area contributed by atoms with Crippen LogP contribution in [-0.4, -0.2) is 70.7 Å². The Hall–Kier alpha value is -2.24. The normalized spacial score (nSPS) is 14.6. The van der Waals surface area contributed by atoms with Crippen molar-refractivity contribution < 1.29 is 24.3 Å². The molecule has 1 rings (SSSR count). The van der Waals surface area contributed by atoms with Gasteiger partial charge in [-0.1, -0.05) is 44.2 Å². The number of rotatable bonds is 14. The summed E-state index contributed by atoms with van der Waals surface area (Å²) in [5.74, 6) is -2.40. The van der Waals surface area contributed by atoms with E-state index in [4.69, 9.17) is 5.73 Å². The lowest BCUT2D eigenvalue weighted by atomic mass is 10.0. The first-order valence-corrected chi connectivity index (χ1v) is 12.7. The lowest BCUT2D eigenvalue weighted by Gasteiger charge is -2.27. The lowest BCUT2D eigenvalue weighted by Crippen LogP contribution is -2.58. The number of aliphatic carboxylic acids is 1. The van der Waals surface area contributed by atoms with Crippen LogP contribution in [0.3, 0.4) is 0 Å². The average molecular weight is 499 g/mol. The fraction of sp³-hybridized carbons (Fsp3) is 0.545. The zero-order chi connectivity index (χ0) is 25.0. The summed E-state index contributed by atoms with van der Waals surface area (Å²) in [7, 11) is 0. The highest BCUT2D eigenvalue weighted by Crippen LogP contribution is 2.08. The number of hydrogen-bond acceptors (Lipinski definition) is 7. The first kappa shape index (κ1) is 28.8. The number of hydrogen-bond donors (Lipinski definition) is 6. The Balaban J connectivity index is 2.94. The van der Waals surface area contributed by atoms with E-state index in [1.807, 2.05) is 12.3 Å². The van der Waals surface area contributed by atoms with Crippen molar-refractivity contribution in [3.8, 4) is 0 Å². The molecule has 0 radical (unpaired) electrons. The Morgan fingerprint density at radius 1 is 1.00 bits per heavy atom. The SMILES string of the molecule is CSCCC(NC(=O)C(NC(=O)C(N)CS)C(C)C)C(=O)NC(Cc1ccccc1)C(=O)O. The summed E-state index contributed by atoms with van der Waals surface area (Å²) in [5, 5.41) is 17.4. The number of carboxylic acids is 1. The average Bonchev–Trinajstić information content (AvgIpc) is 2.78. The molecule has 0 spiro atoms. The minimum Gasteiger partial charge on any atom is -0.480 e. The van der Waals surface area contributed by atoms with Gasteiger partial charge in [-0.2, -0.15) is 24.4 Å². The molecule has 0 aliphatic rings. The maximum absolute atomic E-state index is 12.9. The summed E-state index contributed by atoms with van der Waals surface area (Å²) in [6, 6.07) is 5.07. The molecule has 0 saturated carbocycles. The predicted molar refractivity (Wildman–Crippen MR) is 133 cm³/mol. The van der Waals surface area contributed by atoms with Crippen LogP contribution in [0.15, 0.2) is 30.3 Å². The van der Waals surface area contributed by atoms with Crippen molar-refractivity contribution in [3.63, 3.8) is 0 Å². The van der Waals surface area contributed by atoms with Crippen molar-refractivity contribution in [2.45, 2.75) is 50.9 Å². The molecule has 0 aliphatic carbocycles. The number of thiol groups is 1. The lowest BCUT2D eigenvalue weighted by molar-refractivity contribution is -0.142. The van der Waals surface area contributed by atoms with Gasteiger partial charge in [-0.3, -0.25) is 14.4 Å². The van der Waals surface area contributed by atoms with Crippen molar-refractivity contribution in [1.82, 2.24) is 16.0 Å². The zero-order valence-corrected chi connectivity index (χ0v) is 20.8. The number of nitrogens with one attached hydrogen (secondary N) is 3. The van der Waals surface area contributed by atoms with Gasteiger partial charge >= 0.3 is 5.97 Å². The van der Waals surface area contributed by atoms with E-state index in [0.717, 1.165) is 5.56 Å². The Kier molecular flexibility index (Phi) is 12.9. The fourth-order valence-electron chi connectivity index (χ4n) is 2.97. The molecule has 4 atom stereocenters. The van der Waals surface area contributed by atoms with E-state index in [-0.39, 0.29) is 18.1 Å². The van der Waals surface area contributed by atoms with Gasteiger partial charge in [0.05, 0.1) is 6.04 Å². The summed E-state index contributed by atoms with van der Waals surface area (Å²) in [6.07, 6.45) is 2.27. The molecule has 4 unspecified atom stereocenters. The quantitative estimate of drug-likeness (QED) is 0.204. The molecule has 9 nitrogen and oxygen atoms in total. The molecule has 0 fully saturated rings. The summed E-state index contributed by atoms with van der Waals surface area (Å²) in [4.78, 5) is 49.8. The van der Waals surface area contributed by atoms with E-state index < -0.39 is 47.9 Å². The molecule has 6 N–H and O–H groups in total. The molecular formula is C22H34N4O5S2. The van der Waals surface area contributed by atoms with E-state index in [0.29, 0.717) is 12.2 Å². The summed E-state index contributed by atoms with van der Waals surface area (Å²) in [6.45, 7) is 3.52. The highest BCUT2D eigenvalue weighted by atomic mass is 32.2. The molecule has 0 saturated heterocycles. The number of amides is 3. The minimum absolute atomic E-state index is 0.109. The molecule has 184 valence electrons. The van der Waals surface area contributed by atoms with Crippen molar-refractivity contribution in [2.24, 2.45) is 11.7 Å². The van der Waals surface area contributed by atoms with Crippen LogP contribution in [0.4, 0.5) is 0 Å². The van der Waals surface area contributed by atoms with Crippen LogP contribution in [0.25, 0.3) is 0 Å². The van der Waals surface area contributed by atoms with Crippen LogP contribution in [0, 0.1) is 5.92 Å². The van der Waals surface area contributed by atoms with Crippen LogP contribution in [-0.2, 0) is 25.6 Å². The number of carbonyl (C=O) groups is 4. The number of carboxylic acid groups (broad SMARTS) is 1. The van der Waals surface area contributed by atoms with Crippen LogP contribution < -0.4 is 21.7 Å². The zero-order valence-electron chi connectivity index (χ0n) is 19.1. The van der Waals surface area contributed by atoms with Gasteiger partial charge in [0.25, 0.3) is 0 Å². The van der Waals surface area contributed by atoms with Gasteiger partial charge in [-0.15, -0.1) is 0 Å². The number of carbonyl (C=O) groups excluding carboxylic acids is 3. The first-order valence-electron chi connectivity index (χ1n) is 10.6. The van der Waals surface area contributed by atoms with Gasteiger partial charge in [0.1, 0.15) is 18.1 Å². The van der Waals surface area contributed by atoms with Gasteiger partial charge in [-0.05, 0) is 29.9 Å². The second kappa shape index (κ2) is 14.8. The van der Waals surface area contributed by atoms with E-state index >= 15 is 0 Å². The Morgan fingerprint density at radius 3 is 2.12 bits per heavy atom. The molecule has 0 aliphatic heterocycles. The van der Waals surface area contributed by atoms with Crippen LogP contribution in [0.5, 0.6) is 0 Å². The molecule has 1 aromatic rings. The second-order valence-corrected chi connectivity index (χ2v) is 9.30. The van der Waals surface area contributed by atoms with Crippen molar-refractivity contribution in [1.29, 1.82) is 0 Å².